The summed E-state index contributed by atoms with van der Waals surface area (Å²) in [6, 6.07) is 3.99. The van der Waals surface area contributed by atoms with E-state index in [1.807, 2.05) is 6.07 Å². The van der Waals surface area contributed by atoms with Crippen molar-refractivity contribution in [3.05, 3.63) is 28.4 Å². The van der Waals surface area contributed by atoms with E-state index in [1.54, 1.807) is 0 Å². The molecule has 1 aliphatic heterocycles. The molecule has 0 aromatic heterocycles. The first-order valence-corrected chi connectivity index (χ1v) is 10.2. The molecule has 1 N–H and O–H groups in total. The Labute approximate surface area is 166 Å². The van der Waals surface area contributed by atoms with Crippen LogP contribution in [0.15, 0.2) is 12.1 Å². The first-order chi connectivity index (χ1) is 9.85. The summed E-state index contributed by atoms with van der Waals surface area (Å²) < 4.78 is 9.16. The molecule has 1 fully saturated rings. The summed E-state index contributed by atoms with van der Waals surface area (Å²) >= 11 is 6.74. The number of carbonyl (C=O) groups excluding carboxylic acids is 1. The van der Waals surface area contributed by atoms with E-state index in [4.69, 9.17) is 4.74 Å². The number of piperidine rings is 1. The molecule has 1 aromatic rings. The van der Waals surface area contributed by atoms with Crippen LogP contribution in [0.5, 0.6) is 0 Å². The molecule has 2 rings (SSSR count). The fourth-order valence-corrected chi connectivity index (χ4v) is 4.97. The molecule has 0 amide bonds. The number of hydrogen-bond donors (Lipinski definition) is 1. The number of esters is 1. The highest BCUT2D eigenvalue weighted by atomic mass is 127. The maximum atomic E-state index is 12.7. The number of benzene rings is 1. The normalized spacial score (nSPS) is 17.8. The second-order valence-electron chi connectivity index (χ2n) is 5.61. The summed E-state index contributed by atoms with van der Waals surface area (Å²) in [5.41, 5.74) is 0.350. The van der Waals surface area contributed by atoms with Crippen LogP contribution in [0.4, 0.5) is 0 Å². The lowest BCUT2D eigenvalue weighted by Gasteiger charge is -2.40. The number of nitrogens with one attached hydrogen (secondary N) is 1. The summed E-state index contributed by atoms with van der Waals surface area (Å²) in [4.78, 5) is 12.7. The molecule has 0 atom stereocenters. The number of hydrogen-bond acceptors (Lipinski definition) is 3. The molecular formula is C15H18I3NO2. The fraction of sp³-hybridized carbons (Fsp3) is 0.533. The lowest BCUT2D eigenvalue weighted by molar-refractivity contribution is -0.0605. The molecule has 1 aromatic carbocycles. The Morgan fingerprint density at radius 2 is 1.86 bits per heavy atom. The first-order valence-electron chi connectivity index (χ1n) is 6.94. The molecule has 6 heteroatoms. The average Bonchev–Trinajstić information content (AvgIpc) is 2.43. The van der Waals surface area contributed by atoms with Gasteiger partial charge in [0.05, 0.1) is 5.56 Å². The van der Waals surface area contributed by atoms with E-state index in [0.717, 1.165) is 36.6 Å². The maximum Gasteiger partial charge on any atom is 0.339 e. The van der Waals surface area contributed by atoms with Crippen molar-refractivity contribution in [3.8, 4) is 0 Å². The molecule has 3 nitrogen and oxygen atoms in total. The van der Waals surface area contributed by atoms with Crippen LogP contribution in [0.1, 0.15) is 37.0 Å². The van der Waals surface area contributed by atoms with Crippen LogP contribution in [-0.2, 0) is 4.74 Å². The first kappa shape index (κ1) is 18.2. The Hall–Kier alpha value is 0.840. The van der Waals surface area contributed by atoms with Crippen LogP contribution >= 0.6 is 67.8 Å². The molecular weight excluding hydrogens is 607 g/mol. The van der Waals surface area contributed by atoms with Crippen LogP contribution in [0.3, 0.4) is 0 Å². The van der Waals surface area contributed by atoms with Gasteiger partial charge in [0.25, 0.3) is 0 Å². The van der Waals surface area contributed by atoms with Gasteiger partial charge in [0.2, 0.25) is 0 Å². The van der Waals surface area contributed by atoms with Crippen LogP contribution < -0.4 is 5.32 Å². The molecule has 0 saturated carbocycles. The number of ether oxygens (including phenoxy) is 1. The molecule has 21 heavy (non-hydrogen) atoms. The zero-order valence-electron chi connectivity index (χ0n) is 12.0. The quantitative estimate of drug-likeness (QED) is 0.307. The lowest BCUT2D eigenvalue weighted by atomic mass is 9.82. The van der Waals surface area contributed by atoms with Crippen molar-refractivity contribution < 1.29 is 9.53 Å². The highest BCUT2D eigenvalue weighted by molar-refractivity contribution is 14.1. The predicted molar refractivity (Wildman–Crippen MR) is 110 cm³/mol. The average molecular weight is 625 g/mol. The van der Waals surface area contributed by atoms with Gasteiger partial charge < -0.3 is 10.1 Å². The third-order valence-corrected chi connectivity index (χ3v) is 7.68. The van der Waals surface area contributed by atoms with Gasteiger partial charge in [-0.25, -0.2) is 4.79 Å². The third-order valence-electron chi connectivity index (χ3n) is 4.01. The molecule has 0 spiro atoms. The molecule has 1 heterocycles. The van der Waals surface area contributed by atoms with Gasteiger partial charge >= 0.3 is 5.97 Å². The van der Waals surface area contributed by atoms with E-state index >= 15 is 0 Å². The van der Waals surface area contributed by atoms with Gasteiger partial charge in [0.15, 0.2) is 0 Å². The van der Waals surface area contributed by atoms with E-state index in [9.17, 15) is 4.79 Å². The number of carbonyl (C=O) groups is 1. The summed E-state index contributed by atoms with van der Waals surface area (Å²) in [5, 5.41) is 3.34. The van der Waals surface area contributed by atoms with Gasteiger partial charge in [-0.3, -0.25) is 0 Å². The molecule has 0 bridgehead atoms. The Balaban J connectivity index is 2.28. The molecule has 0 unspecified atom stereocenters. The summed E-state index contributed by atoms with van der Waals surface area (Å²) in [6.45, 7) is 6.10. The smallest absolute Gasteiger partial charge is 0.339 e. The van der Waals surface area contributed by atoms with Crippen LogP contribution in [0.25, 0.3) is 0 Å². The summed E-state index contributed by atoms with van der Waals surface area (Å²) in [7, 11) is 0. The van der Waals surface area contributed by atoms with E-state index in [0.29, 0.717) is 11.5 Å². The van der Waals surface area contributed by atoms with Crippen molar-refractivity contribution in [3.63, 3.8) is 0 Å². The second kappa shape index (κ2) is 7.61. The maximum absolute atomic E-state index is 12.7. The molecule has 1 aliphatic rings. The summed E-state index contributed by atoms with van der Waals surface area (Å²) in [6.07, 6.45) is 1.77. The largest absolute Gasteiger partial charge is 0.455 e. The lowest BCUT2D eigenvalue weighted by Crippen LogP contribution is -2.49. The topological polar surface area (TPSA) is 38.3 Å². The minimum atomic E-state index is -0.335. The highest BCUT2D eigenvalue weighted by Crippen LogP contribution is 2.33. The van der Waals surface area contributed by atoms with Crippen LogP contribution in [-0.4, -0.2) is 24.7 Å². The van der Waals surface area contributed by atoms with Crippen molar-refractivity contribution in [1.29, 1.82) is 0 Å². The standard InChI is InChI=1S/C15H18I3NO2/c1-9(2)15(3-5-19-6-4-15)21-14(20)11-7-10(16)8-12(17)13(11)18/h7-9,19H,3-6H2,1-2H3. The van der Waals surface area contributed by atoms with Crippen molar-refractivity contribution in [1.82, 2.24) is 5.32 Å². The zero-order chi connectivity index (χ0) is 15.6. The SMILES string of the molecule is CC(C)C1(OC(=O)c2cc(I)cc(I)c2I)CCNCC1. The van der Waals surface area contributed by atoms with Crippen molar-refractivity contribution in [2.45, 2.75) is 32.3 Å². The van der Waals surface area contributed by atoms with Gasteiger partial charge in [0.1, 0.15) is 5.60 Å². The van der Waals surface area contributed by atoms with E-state index in [-0.39, 0.29) is 11.6 Å². The minimum absolute atomic E-state index is 0.188. The fourth-order valence-electron chi connectivity index (χ4n) is 2.59. The Morgan fingerprint density at radius 1 is 1.24 bits per heavy atom. The monoisotopic (exact) mass is 625 g/mol. The van der Waals surface area contributed by atoms with Crippen molar-refractivity contribution in [2.75, 3.05) is 13.1 Å². The molecule has 0 aliphatic carbocycles. The van der Waals surface area contributed by atoms with Gasteiger partial charge in [-0.15, -0.1) is 0 Å². The van der Waals surface area contributed by atoms with Crippen molar-refractivity contribution in [2.24, 2.45) is 5.92 Å². The Kier molecular flexibility index (Phi) is 6.59. The van der Waals surface area contributed by atoms with Crippen LogP contribution in [0, 0.1) is 16.6 Å². The third kappa shape index (κ3) is 4.23. The zero-order valence-corrected chi connectivity index (χ0v) is 18.5. The molecule has 0 radical (unpaired) electrons. The van der Waals surface area contributed by atoms with Gasteiger partial charge in [0, 0.05) is 10.7 Å². The van der Waals surface area contributed by atoms with E-state index < -0.39 is 0 Å². The highest BCUT2D eigenvalue weighted by Gasteiger charge is 2.39. The van der Waals surface area contributed by atoms with E-state index in [1.165, 1.54) is 0 Å². The van der Waals surface area contributed by atoms with Gasteiger partial charge in [-0.2, -0.15) is 0 Å². The number of rotatable bonds is 3. The van der Waals surface area contributed by atoms with E-state index in [2.05, 4.69) is 93.0 Å². The minimum Gasteiger partial charge on any atom is -0.455 e. The second-order valence-corrected chi connectivity index (χ2v) is 9.09. The van der Waals surface area contributed by atoms with Crippen LogP contribution in [0.2, 0.25) is 0 Å². The summed E-state index contributed by atoms with van der Waals surface area (Å²) in [5.74, 6) is 0.134. The van der Waals surface area contributed by atoms with Gasteiger partial charge in [-0.05, 0) is 112 Å². The molecule has 1 saturated heterocycles. The van der Waals surface area contributed by atoms with Gasteiger partial charge in [-0.1, -0.05) is 13.8 Å². The van der Waals surface area contributed by atoms with Crippen molar-refractivity contribution >= 4 is 73.7 Å². The Bertz CT molecular complexity index is 540. The Morgan fingerprint density at radius 3 is 2.43 bits per heavy atom. The predicted octanol–water partition coefficient (Wildman–Crippen LogP) is 4.44. The molecule has 116 valence electrons. The number of halogens is 3.